The third-order valence-electron chi connectivity index (χ3n) is 2.89. The highest BCUT2D eigenvalue weighted by Gasteiger charge is 2.23. The molecule has 3 N–H and O–H groups in total. The van der Waals surface area contributed by atoms with Gasteiger partial charge in [-0.25, -0.2) is 12.8 Å². The summed E-state index contributed by atoms with van der Waals surface area (Å²) in [5, 5.41) is 0. The summed E-state index contributed by atoms with van der Waals surface area (Å²) in [4.78, 5) is 3.81. The number of aryl methyl sites for hydroxylation is 1. The van der Waals surface area contributed by atoms with E-state index < -0.39 is 15.8 Å². The Hall–Kier alpha value is -2.15. The molecule has 0 radical (unpaired) electrons. The Kier molecular flexibility index (Phi) is 3.63. The van der Waals surface area contributed by atoms with Gasteiger partial charge in [0.25, 0.3) is 10.0 Å². The number of nitrogens with zero attached hydrogens (tertiary/aromatic N) is 1. The summed E-state index contributed by atoms with van der Waals surface area (Å²) in [6.07, 6.45) is 2.92. The van der Waals surface area contributed by atoms with E-state index in [4.69, 9.17) is 5.73 Å². The number of hydrogen-bond acceptors (Lipinski definition) is 4. The number of nitrogen functional groups attached to an aromatic ring is 1. The lowest BCUT2D eigenvalue weighted by molar-refractivity contribution is 0.598. The minimum absolute atomic E-state index is 0.0137. The number of nitrogens with two attached hydrogens (primary N) is 1. The largest absolute Gasteiger partial charge is 0.396 e. The molecule has 7 heteroatoms. The Bertz CT molecular complexity index is 746. The first kappa shape index (κ1) is 14.3. The van der Waals surface area contributed by atoms with Crippen LogP contribution in [0.5, 0.6) is 0 Å². The molecular formula is C13H14FN3O2S. The minimum atomic E-state index is -3.85. The predicted octanol–water partition coefficient (Wildman–Crippen LogP) is 2.22. The van der Waals surface area contributed by atoms with E-state index in [1.807, 2.05) is 0 Å². The van der Waals surface area contributed by atoms with E-state index >= 15 is 0 Å². The van der Waals surface area contributed by atoms with Crippen LogP contribution in [0.15, 0.2) is 35.5 Å². The molecule has 1 aromatic carbocycles. The number of halogens is 1. The Morgan fingerprint density at radius 3 is 2.65 bits per heavy atom. The Labute approximate surface area is 116 Å². The van der Waals surface area contributed by atoms with Gasteiger partial charge in [-0.1, -0.05) is 0 Å². The summed E-state index contributed by atoms with van der Waals surface area (Å²) < 4.78 is 40.7. The average molecular weight is 295 g/mol. The van der Waals surface area contributed by atoms with Gasteiger partial charge in [-0.2, -0.15) is 0 Å². The highest BCUT2D eigenvalue weighted by molar-refractivity contribution is 7.92. The zero-order chi connectivity index (χ0) is 14.9. The predicted molar refractivity (Wildman–Crippen MR) is 75.3 cm³/mol. The molecule has 0 fully saturated rings. The fourth-order valence-electron chi connectivity index (χ4n) is 1.97. The quantitative estimate of drug-likeness (QED) is 0.850. The van der Waals surface area contributed by atoms with Crippen LogP contribution in [0.1, 0.15) is 11.1 Å². The zero-order valence-electron chi connectivity index (χ0n) is 11.0. The maximum absolute atomic E-state index is 13.5. The molecule has 2 rings (SSSR count). The molecule has 0 spiro atoms. The van der Waals surface area contributed by atoms with Gasteiger partial charge in [-0.3, -0.25) is 9.71 Å². The molecule has 5 nitrogen and oxygen atoms in total. The van der Waals surface area contributed by atoms with Crippen LogP contribution in [0.25, 0.3) is 0 Å². The van der Waals surface area contributed by atoms with Crippen LogP contribution >= 0.6 is 0 Å². The van der Waals surface area contributed by atoms with Crippen molar-refractivity contribution in [2.24, 2.45) is 0 Å². The van der Waals surface area contributed by atoms with Gasteiger partial charge in [0.05, 0.1) is 22.5 Å². The molecule has 20 heavy (non-hydrogen) atoms. The van der Waals surface area contributed by atoms with Crippen molar-refractivity contribution in [3.8, 4) is 0 Å². The number of rotatable bonds is 3. The lowest BCUT2D eigenvalue weighted by Gasteiger charge is -2.14. The second-order valence-electron chi connectivity index (χ2n) is 4.39. The third kappa shape index (κ3) is 2.57. The molecule has 2 aromatic rings. The van der Waals surface area contributed by atoms with Crippen LogP contribution in [0, 0.1) is 19.7 Å². The van der Waals surface area contributed by atoms with Crippen LogP contribution in [-0.2, 0) is 10.0 Å². The second kappa shape index (κ2) is 5.09. The van der Waals surface area contributed by atoms with Crippen molar-refractivity contribution in [2.75, 3.05) is 10.5 Å². The van der Waals surface area contributed by atoms with E-state index in [-0.39, 0.29) is 16.1 Å². The monoisotopic (exact) mass is 295 g/mol. The van der Waals surface area contributed by atoms with Gasteiger partial charge in [-0.15, -0.1) is 0 Å². The smallest absolute Gasteiger partial charge is 0.262 e. The van der Waals surface area contributed by atoms with Gasteiger partial charge in [0.2, 0.25) is 0 Å². The summed E-state index contributed by atoms with van der Waals surface area (Å²) in [6.45, 7) is 3.00. The van der Waals surface area contributed by atoms with Gasteiger partial charge in [-0.05, 0) is 43.2 Å². The van der Waals surface area contributed by atoms with E-state index in [0.29, 0.717) is 11.3 Å². The van der Waals surface area contributed by atoms with E-state index in [1.54, 1.807) is 12.1 Å². The van der Waals surface area contributed by atoms with Gasteiger partial charge < -0.3 is 5.73 Å². The molecule has 0 aliphatic heterocycles. The fraction of sp³-hybridized carbons (Fsp3) is 0.154. The van der Waals surface area contributed by atoms with Crippen LogP contribution in [-0.4, -0.2) is 13.4 Å². The number of hydrogen-bond donors (Lipinski definition) is 2. The van der Waals surface area contributed by atoms with Gasteiger partial charge >= 0.3 is 0 Å². The maximum atomic E-state index is 13.5. The molecule has 0 amide bonds. The molecule has 0 saturated heterocycles. The van der Waals surface area contributed by atoms with E-state index in [1.165, 1.54) is 26.2 Å². The van der Waals surface area contributed by atoms with Crippen LogP contribution < -0.4 is 10.5 Å². The molecule has 0 bridgehead atoms. The first-order chi connectivity index (χ1) is 9.33. The molecule has 0 aliphatic rings. The van der Waals surface area contributed by atoms with Crippen molar-refractivity contribution in [3.05, 3.63) is 47.5 Å². The van der Waals surface area contributed by atoms with Crippen molar-refractivity contribution in [1.29, 1.82) is 0 Å². The SMILES string of the molecule is Cc1cc(F)c(N)c(C)c1S(=O)(=O)Nc1cccnc1. The Morgan fingerprint density at radius 1 is 1.35 bits per heavy atom. The molecule has 1 heterocycles. The molecule has 0 aliphatic carbocycles. The number of aromatic nitrogens is 1. The second-order valence-corrected chi connectivity index (χ2v) is 6.01. The molecular weight excluding hydrogens is 281 g/mol. The van der Waals surface area contributed by atoms with Crippen molar-refractivity contribution in [2.45, 2.75) is 18.7 Å². The summed E-state index contributed by atoms with van der Waals surface area (Å²) in [7, 11) is -3.85. The molecule has 0 saturated carbocycles. The number of nitrogens with one attached hydrogen (secondary N) is 1. The summed E-state index contributed by atoms with van der Waals surface area (Å²) in [5.74, 6) is -0.625. The first-order valence-electron chi connectivity index (χ1n) is 5.81. The maximum Gasteiger partial charge on any atom is 0.262 e. The molecule has 1 aromatic heterocycles. The van der Waals surface area contributed by atoms with E-state index in [9.17, 15) is 12.8 Å². The van der Waals surface area contributed by atoms with Crippen LogP contribution in [0.3, 0.4) is 0 Å². The zero-order valence-corrected chi connectivity index (χ0v) is 11.8. The minimum Gasteiger partial charge on any atom is -0.396 e. The van der Waals surface area contributed by atoms with Crippen molar-refractivity contribution >= 4 is 21.4 Å². The Morgan fingerprint density at radius 2 is 2.05 bits per heavy atom. The first-order valence-corrected chi connectivity index (χ1v) is 7.29. The average Bonchev–Trinajstić information content (AvgIpc) is 2.36. The fourth-order valence-corrected chi connectivity index (χ4v) is 3.50. The highest BCUT2D eigenvalue weighted by atomic mass is 32.2. The number of pyridine rings is 1. The van der Waals surface area contributed by atoms with Crippen molar-refractivity contribution in [3.63, 3.8) is 0 Å². The standard InChI is InChI=1S/C13H14FN3O2S/c1-8-6-11(14)12(15)9(2)13(8)20(18,19)17-10-4-3-5-16-7-10/h3-7,17H,15H2,1-2H3. The highest BCUT2D eigenvalue weighted by Crippen LogP contribution is 2.28. The molecule has 106 valence electrons. The van der Waals surface area contributed by atoms with E-state index in [0.717, 1.165) is 6.07 Å². The third-order valence-corrected chi connectivity index (χ3v) is 4.56. The van der Waals surface area contributed by atoms with Crippen molar-refractivity contribution in [1.82, 2.24) is 4.98 Å². The van der Waals surface area contributed by atoms with Crippen LogP contribution in [0.4, 0.5) is 15.8 Å². The van der Waals surface area contributed by atoms with Crippen molar-refractivity contribution < 1.29 is 12.8 Å². The van der Waals surface area contributed by atoms with Gasteiger partial charge in [0.1, 0.15) is 5.82 Å². The van der Waals surface area contributed by atoms with E-state index in [2.05, 4.69) is 9.71 Å². The lowest BCUT2D eigenvalue weighted by Crippen LogP contribution is -2.17. The molecule has 0 atom stereocenters. The molecule has 0 unspecified atom stereocenters. The number of sulfonamides is 1. The van der Waals surface area contributed by atoms with Gasteiger partial charge in [0.15, 0.2) is 0 Å². The lowest BCUT2D eigenvalue weighted by atomic mass is 10.1. The Balaban J connectivity index is 2.53. The van der Waals surface area contributed by atoms with Gasteiger partial charge in [0, 0.05) is 6.20 Å². The van der Waals surface area contributed by atoms with Crippen LogP contribution in [0.2, 0.25) is 0 Å². The normalized spacial score (nSPS) is 11.3. The summed E-state index contributed by atoms with van der Waals surface area (Å²) in [5.41, 5.74) is 6.22. The number of anilines is 2. The summed E-state index contributed by atoms with van der Waals surface area (Å²) in [6, 6.07) is 4.29. The topological polar surface area (TPSA) is 85.1 Å². The number of benzene rings is 1. The summed E-state index contributed by atoms with van der Waals surface area (Å²) >= 11 is 0.